The van der Waals surface area contributed by atoms with Gasteiger partial charge in [-0.1, -0.05) is 13.3 Å². The van der Waals surface area contributed by atoms with Crippen molar-refractivity contribution in [1.82, 2.24) is 4.90 Å². The summed E-state index contributed by atoms with van der Waals surface area (Å²) in [6.45, 7) is 6.37. The number of hydrogen-bond acceptors (Lipinski definition) is 4. The summed E-state index contributed by atoms with van der Waals surface area (Å²) >= 11 is 0. The zero-order valence-corrected chi connectivity index (χ0v) is 12.0. The molecule has 0 atom stereocenters. The summed E-state index contributed by atoms with van der Waals surface area (Å²) in [5.74, 6) is 0. The zero-order valence-electron chi connectivity index (χ0n) is 12.0. The number of nitriles is 1. The fourth-order valence-electron chi connectivity index (χ4n) is 3.41. The average molecular weight is 266 g/mol. The Hall–Kier alpha value is -0.630. The molecule has 0 radical (unpaired) electrons. The van der Waals surface area contributed by atoms with Crippen molar-refractivity contribution in [3.05, 3.63) is 0 Å². The van der Waals surface area contributed by atoms with Crippen LogP contribution in [0, 0.1) is 16.7 Å². The maximum absolute atomic E-state index is 11.0. The van der Waals surface area contributed by atoms with Gasteiger partial charge >= 0.3 is 0 Å². The molecule has 0 spiro atoms. The van der Waals surface area contributed by atoms with Gasteiger partial charge in [-0.05, 0) is 38.6 Å². The van der Waals surface area contributed by atoms with Crippen LogP contribution in [0.2, 0.25) is 0 Å². The molecule has 0 amide bonds. The molecule has 19 heavy (non-hydrogen) atoms. The highest BCUT2D eigenvalue weighted by atomic mass is 16.5. The van der Waals surface area contributed by atoms with E-state index in [1.165, 1.54) is 12.8 Å². The van der Waals surface area contributed by atoms with Gasteiger partial charge in [-0.2, -0.15) is 5.26 Å². The second kappa shape index (κ2) is 6.21. The molecule has 0 aromatic rings. The first-order valence-corrected chi connectivity index (χ1v) is 7.59. The van der Waals surface area contributed by atoms with Crippen LogP contribution in [0.15, 0.2) is 0 Å². The van der Waals surface area contributed by atoms with Crippen molar-refractivity contribution in [2.45, 2.75) is 51.0 Å². The molecule has 2 aliphatic rings. The molecule has 1 N–H and O–H groups in total. The lowest BCUT2D eigenvalue weighted by Gasteiger charge is -2.49. The van der Waals surface area contributed by atoms with Crippen LogP contribution < -0.4 is 0 Å². The van der Waals surface area contributed by atoms with Gasteiger partial charge in [-0.25, -0.2) is 0 Å². The predicted octanol–water partition coefficient (Wildman–Crippen LogP) is 1.93. The van der Waals surface area contributed by atoms with Crippen LogP contribution in [0.3, 0.4) is 0 Å². The molecule has 2 fully saturated rings. The molecule has 2 heterocycles. The molecule has 0 aromatic heterocycles. The summed E-state index contributed by atoms with van der Waals surface area (Å²) in [5, 5.41) is 20.6. The topological polar surface area (TPSA) is 56.5 Å². The predicted molar refractivity (Wildman–Crippen MR) is 73.6 cm³/mol. The van der Waals surface area contributed by atoms with Gasteiger partial charge in [0.15, 0.2) is 0 Å². The summed E-state index contributed by atoms with van der Waals surface area (Å²) in [6.07, 6.45) is 5.23. The zero-order chi connectivity index (χ0) is 13.8. The average Bonchev–Trinajstić information content (AvgIpc) is 2.47. The lowest BCUT2D eigenvalue weighted by Crippen LogP contribution is -2.56. The molecule has 4 nitrogen and oxygen atoms in total. The number of unbranched alkanes of at least 4 members (excludes halogenated alkanes) is 1. The smallest absolute Gasteiger partial charge is 0.0904 e. The van der Waals surface area contributed by atoms with E-state index in [-0.39, 0.29) is 0 Å². The summed E-state index contributed by atoms with van der Waals surface area (Å²) < 4.78 is 5.36. The lowest BCUT2D eigenvalue weighted by molar-refractivity contribution is -0.131. The normalized spacial score (nSPS) is 26.8. The van der Waals surface area contributed by atoms with E-state index in [1.54, 1.807) is 0 Å². The number of piperidine rings is 1. The minimum Gasteiger partial charge on any atom is -0.388 e. The maximum Gasteiger partial charge on any atom is 0.0904 e. The summed E-state index contributed by atoms with van der Waals surface area (Å²) in [4.78, 5) is 2.42. The first kappa shape index (κ1) is 14.8. The number of aliphatic hydroxyl groups is 1. The Morgan fingerprint density at radius 1 is 1.21 bits per heavy atom. The van der Waals surface area contributed by atoms with E-state index in [4.69, 9.17) is 4.74 Å². The highest BCUT2D eigenvalue weighted by Gasteiger charge is 2.52. The third kappa shape index (κ3) is 2.94. The third-order valence-corrected chi connectivity index (χ3v) is 4.96. The van der Waals surface area contributed by atoms with Gasteiger partial charge < -0.3 is 14.7 Å². The van der Waals surface area contributed by atoms with Gasteiger partial charge in [0.1, 0.15) is 0 Å². The SMILES string of the molecule is CCCCN1CCC(O)(C2(C#N)CCOCC2)CC1. The van der Waals surface area contributed by atoms with Crippen molar-refractivity contribution in [2.24, 2.45) is 5.41 Å². The first-order chi connectivity index (χ1) is 9.16. The molecule has 0 saturated carbocycles. The van der Waals surface area contributed by atoms with E-state index in [2.05, 4.69) is 17.9 Å². The molecule has 2 rings (SSSR count). The molecule has 2 saturated heterocycles. The molecule has 2 aliphatic heterocycles. The van der Waals surface area contributed by atoms with E-state index in [1.807, 2.05) is 0 Å². The number of likely N-dealkylation sites (tertiary alicyclic amines) is 1. The van der Waals surface area contributed by atoms with E-state index in [0.29, 0.717) is 26.1 Å². The number of nitrogens with zero attached hydrogens (tertiary/aromatic N) is 2. The fraction of sp³-hybridized carbons (Fsp3) is 0.933. The Kier molecular flexibility index (Phi) is 4.83. The Morgan fingerprint density at radius 2 is 1.84 bits per heavy atom. The Balaban J connectivity index is 1.98. The number of ether oxygens (including phenoxy) is 1. The van der Waals surface area contributed by atoms with Gasteiger partial charge in [0.25, 0.3) is 0 Å². The second-order valence-corrected chi connectivity index (χ2v) is 6.03. The minimum absolute atomic E-state index is 0.581. The Bertz CT molecular complexity index is 324. The van der Waals surface area contributed by atoms with Gasteiger partial charge in [0, 0.05) is 26.3 Å². The molecule has 108 valence electrons. The molecule has 0 bridgehead atoms. The highest BCUT2D eigenvalue weighted by molar-refractivity contribution is 5.13. The Labute approximate surface area is 116 Å². The molecule has 0 unspecified atom stereocenters. The monoisotopic (exact) mass is 266 g/mol. The van der Waals surface area contributed by atoms with Crippen LogP contribution in [0.25, 0.3) is 0 Å². The van der Waals surface area contributed by atoms with Crippen molar-refractivity contribution < 1.29 is 9.84 Å². The minimum atomic E-state index is -0.811. The van der Waals surface area contributed by atoms with Gasteiger partial charge in [-0.15, -0.1) is 0 Å². The summed E-state index contributed by atoms with van der Waals surface area (Å²) in [5.41, 5.74) is -1.39. The largest absolute Gasteiger partial charge is 0.388 e. The second-order valence-electron chi connectivity index (χ2n) is 6.03. The maximum atomic E-state index is 11.0. The fourth-order valence-corrected chi connectivity index (χ4v) is 3.41. The van der Waals surface area contributed by atoms with Crippen LogP contribution in [0.4, 0.5) is 0 Å². The number of hydrogen-bond donors (Lipinski definition) is 1. The van der Waals surface area contributed by atoms with Gasteiger partial charge in [0.05, 0.1) is 17.1 Å². The van der Waals surface area contributed by atoms with Gasteiger partial charge in [0.2, 0.25) is 0 Å². The molecule has 4 heteroatoms. The van der Waals surface area contributed by atoms with Crippen LogP contribution in [-0.2, 0) is 4.74 Å². The molecule has 0 aliphatic carbocycles. The van der Waals surface area contributed by atoms with E-state index < -0.39 is 11.0 Å². The van der Waals surface area contributed by atoms with Crippen molar-refractivity contribution in [1.29, 1.82) is 5.26 Å². The standard InChI is InChI=1S/C15H26N2O2/c1-2-3-8-17-9-4-15(18,5-10-17)14(13-16)6-11-19-12-7-14/h18H,2-12H2,1H3. The van der Waals surface area contributed by atoms with E-state index in [9.17, 15) is 10.4 Å². The van der Waals surface area contributed by atoms with Crippen molar-refractivity contribution in [3.8, 4) is 6.07 Å². The summed E-state index contributed by atoms with van der Waals surface area (Å²) in [7, 11) is 0. The van der Waals surface area contributed by atoms with Crippen LogP contribution in [-0.4, -0.2) is 48.5 Å². The van der Waals surface area contributed by atoms with Crippen LogP contribution >= 0.6 is 0 Å². The molecule has 0 aromatic carbocycles. The van der Waals surface area contributed by atoms with Crippen molar-refractivity contribution >= 4 is 0 Å². The van der Waals surface area contributed by atoms with E-state index in [0.717, 1.165) is 32.5 Å². The molecular weight excluding hydrogens is 240 g/mol. The molecular formula is C15H26N2O2. The third-order valence-electron chi connectivity index (χ3n) is 4.96. The van der Waals surface area contributed by atoms with Gasteiger partial charge in [-0.3, -0.25) is 0 Å². The highest BCUT2D eigenvalue weighted by Crippen LogP contribution is 2.46. The Morgan fingerprint density at radius 3 is 2.37 bits per heavy atom. The quantitative estimate of drug-likeness (QED) is 0.845. The van der Waals surface area contributed by atoms with Crippen molar-refractivity contribution in [2.75, 3.05) is 32.8 Å². The van der Waals surface area contributed by atoms with Crippen LogP contribution in [0.5, 0.6) is 0 Å². The first-order valence-electron chi connectivity index (χ1n) is 7.59. The lowest BCUT2D eigenvalue weighted by atomic mass is 9.64. The summed E-state index contributed by atoms with van der Waals surface area (Å²) in [6, 6.07) is 2.44. The number of rotatable bonds is 4. The van der Waals surface area contributed by atoms with Crippen LogP contribution in [0.1, 0.15) is 45.4 Å². The van der Waals surface area contributed by atoms with E-state index >= 15 is 0 Å². The van der Waals surface area contributed by atoms with Crippen molar-refractivity contribution in [3.63, 3.8) is 0 Å².